The second-order valence-corrected chi connectivity index (χ2v) is 7.05. The maximum absolute atomic E-state index is 12.1. The van der Waals surface area contributed by atoms with E-state index in [1.54, 1.807) is 34.6 Å². The fourth-order valence-electron chi connectivity index (χ4n) is 2.13. The molecule has 1 aromatic rings. The Morgan fingerprint density at radius 3 is 1.91 bits per heavy atom. The van der Waals surface area contributed by atoms with E-state index in [2.05, 4.69) is 5.32 Å². The summed E-state index contributed by atoms with van der Waals surface area (Å²) in [4.78, 5) is 23.9. The summed E-state index contributed by atoms with van der Waals surface area (Å²) in [6.07, 6.45) is -0.749. The number of aliphatic carboxylic acids is 1. The summed E-state index contributed by atoms with van der Waals surface area (Å²) in [5.41, 5.74) is -2.23. The fraction of sp³-hybridized carbons (Fsp3) is 0.529. The number of carboxylic acid groups (broad SMARTS) is 1. The average Bonchev–Trinajstić information content (AvgIpc) is 2.36. The second-order valence-electron chi connectivity index (χ2n) is 7.05. The van der Waals surface area contributed by atoms with Crippen LogP contribution in [0.5, 0.6) is 0 Å². The third kappa shape index (κ3) is 3.78. The number of benzene rings is 1. The Kier molecular flexibility index (Phi) is 4.90. The van der Waals surface area contributed by atoms with Gasteiger partial charge in [-0.15, -0.1) is 0 Å². The topological polar surface area (TPSA) is 75.6 Å². The molecule has 1 atom stereocenters. The van der Waals surface area contributed by atoms with Gasteiger partial charge in [0.25, 0.3) is 0 Å². The van der Waals surface area contributed by atoms with Gasteiger partial charge in [-0.3, -0.25) is 0 Å². The largest absolute Gasteiger partial charge is 0.479 e. The van der Waals surface area contributed by atoms with Gasteiger partial charge in [0, 0.05) is 5.41 Å². The zero-order valence-electron chi connectivity index (χ0n) is 14.1. The minimum absolute atomic E-state index is 0.694. The molecule has 1 aromatic carbocycles. The molecule has 1 rings (SSSR count). The van der Waals surface area contributed by atoms with Crippen LogP contribution in [-0.4, -0.2) is 28.3 Å². The lowest BCUT2D eigenvalue weighted by atomic mass is 9.68. The Hall–Kier alpha value is -2.04. The summed E-state index contributed by atoms with van der Waals surface area (Å²) in [6, 6.07) is 9.23. The van der Waals surface area contributed by atoms with E-state index >= 15 is 0 Å². The van der Waals surface area contributed by atoms with E-state index in [-0.39, 0.29) is 0 Å². The average molecular weight is 307 g/mol. The molecule has 2 N–H and O–H groups in total. The minimum Gasteiger partial charge on any atom is -0.479 e. The monoisotopic (exact) mass is 307 g/mol. The molecule has 22 heavy (non-hydrogen) atoms. The van der Waals surface area contributed by atoms with Crippen LogP contribution < -0.4 is 5.32 Å². The van der Waals surface area contributed by atoms with Crippen molar-refractivity contribution in [3.8, 4) is 0 Å². The summed E-state index contributed by atoms with van der Waals surface area (Å²) < 4.78 is 5.20. The summed E-state index contributed by atoms with van der Waals surface area (Å²) in [5.74, 6) is -1.12. The molecule has 0 aliphatic rings. The summed E-state index contributed by atoms with van der Waals surface area (Å²) in [6.45, 7) is 10.3. The minimum atomic E-state index is -1.52. The normalized spacial score (nSPS) is 14.8. The maximum atomic E-state index is 12.1. The standard InChI is InChI=1S/C17H25NO4/c1-15(2,3)22-14(21)18-17(6,13(19)20)16(4,5)12-10-8-7-9-11-12/h7-11H,1-6H3,(H,18,21)(H,19,20)/t17-/m1/s1. The van der Waals surface area contributed by atoms with Crippen LogP contribution in [0, 0.1) is 0 Å². The van der Waals surface area contributed by atoms with Gasteiger partial charge in [-0.25, -0.2) is 9.59 Å². The van der Waals surface area contributed by atoms with Gasteiger partial charge in [0.2, 0.25) is 0 Å². The van der Waals surface area contributed by atoms with Gasteiger partial charge < -0.3 is 15.2 Å². The van der Waals surface area contributed by atoms with E-state index in [0.29, 0.717) is 0 Å². The van der Waals surface area contributed by atoms with E-state index in [1.807, 2.05) is 30.3 Å². The fourth-order valence-corrected chi connectivity index (χ4v) is 2.13. The highest BCUT2D eigenvalue weighted by Gasteiger charge is 2.50. The van der Waals surface area contributed by atoms with Crippen molar-refractivity contribution < 1.29 is 19.4 Å². The summed E-state index contributed by atoms with van der Waals surface area (Å²) in [5, 5.41) is 12.2. The van der Waals surface area contributed by atoms with Crippen molar-refractivity contribution in [2.75, 3.05) is 0 Å². The van der Waals surface area contributed by atoms with Gasteiger partial charge in [0.05, 0.1) is 0 Å². The predicted octanol–water partition coefficient (Wildman–Crippen LogP) is 3.33. The van der Waals surface area contributed by atoms with Crippen LogP contribution in [0.4, 0.5) is 4.79 Å². The predicted molar refractivity (Wildman–Crippen MR) is 84.9 cm³/mol. The Morgan fingerprint density at radius 1 is 1.00 bits per heavy atom. The number of carbonyl (C=O) groups excluding carboxylic acids is 1. The number of amides is 1. The zero-order valence-corrected chi connectivity index (χ0v) is 14.1. The molecule has 122 valence electrons. The van der Waals surface area contributed by atoms with Crippen molar-refractivity contribution >= 4 is 12.1 Å². The van der Waals surface area contributed by atoms with Crippen LogP contribution in [0.3, 0.4) is 0 Å². The van der Waals surface area contributed by atoms with E-state index in [4.69, 9.17) is 4.74 Å². The van der Waals surface area contributed by atoms with Crippen molar-refractivity contribution in [2.24, 2.45) is 0 Å². The number of alkyl carbamates (subject to hydrolysis) is 1. The lowest BCUT2D eigenvalue weighted by Crippen LogP contribution is -2.63. The molecule has 0 aliphatic carbocycles. The third-order valence-electron chi connectivity index (χ3n) is 3.92. The third-order valence-corrected chi connectivity index (χ3v) is 3.92. The van der Waals surface area contributed by atoms with E-state index < -0.39 is 28.6 Å². The second kappa shape index (κ2) is 5.99. The van der Waals surface area contributed by atoms with Crippen LogP contribution >= 0.6 is 0 Å². The number of carbonyl (C=O) groups is 2. The highest BCUT2D eigenvalue weighted by Crippen LogP contribution is 2.35. The van der Waals surface area contributed by atoms with Crippen molar-refractivity contribution in [1.29, 1.82) is 0 Å². The molecule has 0 radical (unpaired) electrons. The van der Waals surface area contributed by atoms with Crippen LogP contribution in [0.25, 0.3) is 0 Å². The van der Waals surface area contributed by atoms with Crippen molar-refractivity contribution in [3.63, 3.8) is 0 Å². The van der Waals surface area contributed by atoms with Gasteiger partial charge >= 0.3 is 12.1 Å². The van der Waals surface area contributed by atoms with Crippen molar-refractivity contribution in [3.05, 3.63) is 35.9 Å². The van der Waals surface area contributed by atoms with Crippen LogP contribution in [0.15, 0.2) is 30.3 Å². The van der Waals surface area contributed by atoms with Crippen LogP contribution in [0.2, 0.25) is 0 Å². The van der Waals surface area contributed by atoms with E-state index in [1.165, 1.54) is 6.92 Å². The number of rotatable bonds is 4. The van der Waals surface area contributed by atoms with Gasteiger partial charge in [-0.2, -0.15) is 0 Å². The Morgan fingerprint density at radius 2 is 1.50 bits per heavy atom. The molecular weight excluding hydrogens is 282 g/mol. The van der Waals surface area contributed by atoms with Crippen molar-refractivity contribution in [2.45, 2.75) is 58.1 Å². The Balaban J connectivity index is 3.16. The number of ether oxygens (including phenoxy) is 1. The van der Waals surface area contributed by atoms with Gasteiger partial charge in [-0.1, -0.05) is 44.2 Å². The molecule has 0 aliphatic heterocycles. The molecule has 0 saturated carbocycles. The number of hydrogen-bond donors (Lipinski definition) is 2. The number of nitrogens with one attached hydrogen (secondary N) is 1. The van der Waals surface area contributed by atoms with Crippen LogP contribution in [0.1, 0.15) is 47.1 Å². The molecule has 5 heteroatoms. The molecule has 0 spiro atoms. The molecule has 0 unspecified atom stereocenters. The quantitative estimate of drug-likeness (QED) is 0.894. The number of carboxylic acids is 1. The molecule has 0 heterocycles. The Bertz CT molecular complexity index is 546. The van der Waals surface area contributed by atoms with Gasteiger partial charge in [0.1, 0.15) is 11.1 Å². The smallest absolute Gasteiger partial charge is 0.408 e. The first-order valence-corrected chi connectivity index (χ1v) is 7.20. The van der Waals surface area contributed by atoms with Crippen LogP contribution in [-0.2, 0) is 14.9 Å². The molecule has 0 fully saturated rings. The SMILES string of the molecule is CC(C)(C)OC(=O)N[C@](C)(C(=O)O)C(C)(C)c1ccccc1. The summed E-state index contributed by atoms with van der Waals surface area (Å²) >= 11 is 0. The lowest BCUT2D eigenvalue weighted by Gasteiger charge is -2.41. The van der Waals surface area contributed by atoms with Crippen molar-refractivity contribution in [1.82, 2.24) is 5.32 Å². The van der Waals surface area contributed by atoms with Gasteiger partial charge in [-0.05, 0) is 33.3 Å². The molecular formula is C17H25NO4. The van der Waals surface area contributed by atoms with E-state index in [9.17, 15) is 14.7 Å². The molecule has 0 saturated heterocycles. The first-order chi connectivity index (χ1) is 9.90. The lowest BCUT2D eigenvalue weighted by molar-refractivity contribution is -0.147. The highest BCUT2D eigenvalue weighted by atomic mass is 16.6. The number of hydrogen-bond acceptors (Lipinski definition) is 3. The molecule has 5 nitrogen and oxygen atoms in total. The first kappa shape index (κ1) is 18.0. The first-order valence-electron chi connectivity index (χ1n) is 7.20. The highest BCUT2D eigenvalue weighted by molar-refractivity contribution is 5.86. The zero-order chi connectivity index (χ0) is 17.2. The molecule has 0 bridgehead atoms. The van der Waals surface area contributed by atoms with E-state index in [0.717, 1.165) is 5.56 Å². The molecule has 0 aromatic heterocycles. The maximum Gasteiger partial charge on any atom is 0.408 e. The summed E-state index contributed by atoms with van der Waals surface area (Å²) in [7, 11) is 0. The Labute approximate surface area is 131 Å². The molecule has 1 amide bonds. The van der Waals surface area contributed by atoms with Gasteiger partial charge in [0.15, 0.2) is 0 Å².